The van der Waals surface area contributed by atoms with Crippen molar-refractivity contribution in [2.45, 2.75) is 26.7 Å². The van der Waals surface area contributed by atoms with E-state index in [4.69, 9.17) is 4.98 Å². The van der Waals surface area contributed by atoms with Crippen LogP contribution in [-0.4, -0.2) is 9.38 Å². The highest BCUT2D eigenvalue weighted by molar-refractivity contribution is 9.10. The van der Waals surface area contributed by atoms with Gasteiger partial charge in [0.15, 0.2) is 5.82 Å². The average Bonchev–Trinajstić information content (AvgIpc) is 2.83. The van der Waals surface area contributed by atoms with E-state index in [9.17, 15) is 0 Å². The third kappa shape index (κ3) is 2.95. The first kappa shape index (κ1) is 14.9. The van der Waals surface area contributed by atoms with Crippen LogP contribution in [-0.2, 0) is 0 Å². The molecule has 0 aliphatic rings. The number of pyridine rings is 1. The Kier molecular flexibility index (Phi) is 4.07. The lowest BCUT2D eigenvalue weighted by atomic mass is 10.1. The summed E-state index contributed by atoms with van der Waals surface area (Å²) in [6, 6.07) is 11.9. The number of halogens is 1. The first-order valence-corrected chi connectivity index (χ1v) is 8.00. The molecule has 0 amide bonds. The van der Waals surface area contributed by atoms with Crippen LogP contribution >= 0.6 is 15.9 Å². The van der Waals surface area contributed by atoms with E-state index in [-0.39, 0.29) is 5.92 Å². The minimum atomic E-state index is 0.289. The van der Waals surface area contributed by atoms with Crippen molar-refractivity contribution >= 4 is 33.1 Å². The topological polar surface area (TPSA) is 42.0 Å². The van der Waals surface area contributed by atoms with E-state index < -0.39 is 0 Å². The number of rotatable bonds is 3. The highest BCUT2D eigenvalue weighted by Gasteiger charge is 2.14. The predicted molar refractivity (Wildman–Crippen MR) is 92.3 cm³/mol. The van der Waals surface area contributed by atoms with Crippen LogP contribution in [0.15, 0.2) is 57.3 Å². The molecule has 0 saturated carbocycles. The fourth-order valence-electron chi connectivity index (χ4n) is 2.28. The summed E-state index contributed by atoms with van der Waals surface area (Å²) >= 11 is 3.45. The molecule has 0 aliphatic heterocycles. The average molecular weight is 357 g/mol. The molecule has 5 heteroatoms. The van der Waals surface area contributed by atoms with Crippen molar-refractivity contribution in [1.29, 1.82) is 0 Å². The number of nitrogens with zero attached hydrogens (tertiary/aromatic N) is 4. The van der Waals surface area contributed by atoms with Gasteiger partial charge < -0.3 is 0 Å². The van der Waals surface area contributed by atoms with Crippen LogP contribution in [0.1, 0.15) is 31.0 Å². The smallest absolute Gasteiger partial charge is 0.183 e. The van der Waals surface area contributed by atoms with E-state index in [1.165, 1.54) is 5.56 Å². The van der Waals surface area contributed by atoms with Gasteiger partial charge in [0.05, 0.1) is 11.4 Å². The Morgan fingerprint density at radius 2 is 1.95 bits per heavy atom. The zero-order valence-corrected chi connectivity index (χ0v) is 14.4. The standard InChI is InChI=1S/C17H17BrN4/c1-11(2)16-17(21-20-14-6-4-5-13(18)10-14)22-8-7-12(3)9-15(22)19-16/h4-11H,1-3H3. The maximum atomic E-state index is 4.70. The first-order valence-electron chi connectivity index (χ1n) is 7.20. The number of aryl methyl sites for hydroxylation is 1. The third-order valence-electron chi connectivity index (χ3n) is 3.40. The number of azo groups is 1. The number of hydrogen-bond acceptors (Lipinski definition) is 3. The third-order valence-corrected chi connectivity index (χ3v) is 3.89. The summed E-state index contributed by atoms with van der Waals surface area (Å²) in [5, 5.41) is 8.82. The molecule has 0 unspecified atom stereocenters. The molecule has 0 spiro atoms. The molecule has 3 rings (SSSR count). The number of imidazole rings is 1. The molecule has 0 N–H and O–H groups in total. The molecule has 0 bridgehead atoms. The Balaban J connectivity index is 2.10. The molecule has 22 heavy (non-hydrogen) atoms. The summed E-state index contributed by atoms with van der Waals surface area (Å²) in [7, 11) is 0. The van der Waals surface area contributed by atoms with Crippen molar-refractivity contribution in [2.24, 2.45) is 10.2 Å². The molecule has 1 aromatic carbocycles. The van der Waals surface area contributed by atoms with Gasteiger partial charge in [-0.05, 0) is 48.7 Å². The van der Waals surface area contributed by atoms with Crippen molar-refractivity contribution in [1.82, 2.24) is 9.38 Å². The molecular formula is C17H17BrN4. The van der Waals surface area contributed by atoms with Crippen LogP contribution in [0.5, 0.6) is 0 Å². The van der Waals surface area contributed by atoms with Gasteiger partial charge in [-0.25, -0.2) is 4.98 Å². The Bertz CT molecular complexity index is 849. The van der Waals surface area contributed by atoms with E-state index in [0.29, 0.717) is 0 Å². The van der Waals surface area contributed by atoms with E-state index in [1.807, 2.05) is 34.9 Å². The molecule has 112 valence electrons. The fraction of sp³-hybridized carbons (Fsp3) is 0.235. The van der Waals surface area contributed by atoms with Gasteiger partial charge in [0.1, 0.15) is 5.65 Å². The van der Waals surface area contributed by atoms with Gasteiger partial charge in [-0.15, -0.1) is 10.2 Å². The van der Waals surface area contributed by atoms with Crippen LogP contribution in [0.2, 0.25) is 0 Å². The lowest BCUT2D eigenvalue weighted by Crippen LogP contribution is -1.87. The summed E-state index contributed by atoms with van der Waals surface area (Å²) in [4.78, 5) is 4.70. The maximum Gasteiger partial charge on any atom is 0.183 e. The van der Waals surface area contributed by atoms with Crippen molar-refractivity contribution in [3.63, 3.8) is 0 Å². The molecule has 0 saturated heterocycles. The van der Waals surface area contributed by atoms with Gasteiger partial charge in [0, 0.05) is 10.7 Å². The molecular weight excluding hydrogens is 340 g/mol. The van der Waals surface area contributed by atoms with Gasteiger partial charge in [-0.1, -0.05) is 35.8 Å². The Morgan fingerprint density at radius 3 is 2.68 bits per heavy atom. The fourth-order valence-corrected chi connectivity index (χ4v) is 2.67. The van der Waals surface area contributed by atoms with Crippen LogP contribution in [0.25, 0.3) is 5.65 Å². The summed E-state index contributed by atoms with van der Waals surface area (Å²) in [6.45, 7) is 6.30. The molecule has 4 nitrogen and oxygen atoms in total. The number of benzene rings is 1. The van der Waals surface area contributed by atoms with E-state index in [1.54, 1.807) is 0 Å². The number of aromatic nitrogens is 2. The zero-order chi connectivity index (χ0) is 15.7. The molecule has 2 heterocycles. The Hall–Kier alpha value is -2.01. The molecule has 0 aliphatic carbocycles. The summed E-state index contributed by atoms with van der Waals surface area (Å²) in [5.41, 5.74) is 3.87. The minimum absolute atomic E-state index is 0.289. The molecule has 2 aromatic heterocycles. The lowest BCUT2D eigenvalue weighted by Gasteiger charge is -2.01. The Morgan fingerprint density at radius 1 is 1.14 bits per heavy atom. The van der Waals surface area contributed by atoms with Gasteiger partial charge in [0.2, 0.25) is 0 Å². The zero-order valence-electron chi connectivity index (χ0n) is 12.8. The molecule has 3 aromatic rings. The first-order chi connectivity index (χ1) is 10.5. The number of fused-ring (bicyclic) bond motifs is 1. The molecule has 0 fully saturated rings. The van der Waals surface area contributed by atoms with Crippen LogP contribution < -0.4 is 0 Å². The lowest BCUT2D eigenvalue weighted by molar-refractivity contribution is 0.831. The second-order valence-corrected chi connectivity index (χ2v) is 6.50. The van der Waals surface area contributed by atoms with Crippen molar-refractivity contribution in [3.8, 4) is 0 Å². The largest absolute Gasteiger partial charge is 0.283 e. The molecule has 0 atom stereocenters. The van der Waals surface area contributed by atoms with E-state index in [2.05, 4.69) is 59.1 Å². The van der Waals surface area contributed by atoms with Crippen molar-refractivity contribution in [3.05, 3.63) is 58.3 Å². The quantitative estimate of drug-likeness (QED) is 0.535. The second kappa shape index (κ2) is 6.01. The van der Waals surface area contributed by atoms with E-state index >= 15 is 0 Å². The van der Waals surface area contributed by atoms with Crippen molar-refractivity contribution < 1.29 is 0 Å². The Labute approximate surface area is 138 Å². The van der Waals surface area contributed by atoms with E-state index in [0.717, 1.165) is 27.3 Å². The number of hydrogen-bond donors (Lipinski definition) is 0. The summed E-state index contributed by atoms with van der Waals surface area (Å²) in [5.74, 6) is 1.08. The van der Waals surface area contributed by atoms with Gasteiger partial charge in [-0.2, -0.15) is 0 Å². The second-order valence-electron chi connectivity index (χ2n) is 5.59. The van der Waals surface area contributed by atoms with Crippen molar-refractivity contribution in [2.75, 3.05) is 0 Å². The molecule has 0 radical (unpaired) electrons. The van der Waals surface area contributed by atoms with Crippen LogP contribution in [0, 0.1) is 6.92 Å². The van der Waals surface area contributed by atoms with Gasteiger partial charge in [-0.3, -0.25) is 4.40 Å². The predicted octanol–water partition coefficient (Wildman–Crippen LogP) is 5.94. The minimum Gasteiger partial charge on any atom is -0.283 e. The highest BCUT2D eigenvalue weighted by Crippen LogP contribution is 2.30. The summed E-state index contributed by atoms with van der Waals surface area (Å²) < 4.78 is 2.98. The monoisotopic (exact) mass is 356 g/mol. The van der Waals surface area contributed by atoms with Gasteiger partial charge >= 0.3 is 0 Å². The van der Waals surface area contributed by atoms with Crippen LogP contribution in [0.4, 0.5) is 11.5 Å². The normalized spacial score (nSPS) is 11.9. The summed E-state index contributed by atoms with van der Waals surface area (Å²) in [6.07, 6.45) is 2.00. The SMILES string of the molecule is Cc1ccn2c(N=Nc3cccc(Br)c3)c(C(C)C)nc2c1. The van der Waals surface area contributed by atoms with Gasteiger partial charge in [0.25, 0.3) is 0 Å². The van der Waals surface area contributed by atoms with Crippen LogP contribution in [0.3, 0.4) is 0 Å². The maximum absolute atomic E-state index is 4.70. The highest BCUT2D eigenvalue weighted by atomic mass is 79.9.